The standard InChI is InChI=1S/C37H44N2O2/c1-6-25(3)36(22-31(40)23-38)26(4)14-20-30-21-19-29(24-39-30)33-11-9-12-34-32(10-8-13-35(34)37(33)41-5)28-17-15-27(7-2)16-18-28/h7-11,13,15-19,21,24-26,36H,2,6,12,14,20,22-23,38H2,1,3-5H3. The first-order chi connectivity index (χ1) is 19.9. The molecule has 0 saturated carbocycles. The largest absolute Gasteiger partial charge is 0.495 e. The Bertz CT molecular complexity index is 1400. The van der Waals surface area contributed by atoms with Crippen LogP contribution in [0.1, 0.15) is 68.0 Å². The van der Waals surface area contributed by atoms with Crippen LogP contribution in [0, 0.1) is 17.8 Å². The molecule has 4 nitrogen and oxygen atoms in total. The summed E-state index contributed by atoms with van der Waals surface area (Å²) in [7, 11) is 1.75. The predicted molar refractivity (Wildman–Crippen MR) is 172 cm³/mol. The van der Waals surface area contributed by atoms with E-state index >= 15 is 0 Å². The van der Waals surface area contributed by atoms with Crippen molar-refractivity contribution in [1.82, 2.24) is 4.98 Å². The third-order valence-corrected chi connectivity index (χ3v) is 8.72. The second-order valence-corrected chi connectivity index (χ2v) is 11.3. The van der Waals surface area contributed by atoms with Gasteiger partial charge < -0.3 is 10.5 Å². The van der Waals surface area contributed by atoms with Crippen LogP contribution in [-0.2, 0) is 22.4 Å². The number of nitrogens with two attached hydrogens (primary N) is 1. The number of ketones is 1. The van der Waals surface area contributed by atoms with Gasteiger partial charge in [-0.15, -0.1) is 0 Å². The lowest BCUT2D eigenvalue weighted by Gasteiger charge is -2.28. The van der Waals surface area contributed by atoms with Crippen molar-refractivity contribution in [1.29, 1.82) is 0 Å². The van der Waals surface area contributed by atoms with Crippen LogP contribution in [0.15, 0.2) is 79.5 Å². The number of rotatable bonds is 13. The summed E-state index contributed by atoms with van der Waals surface area (Å²) in [6.07, 6.45) is 12.5. The SMILES string of the molecule is C=Cc1ccc(-c2cccc3c2CC=CC(c2ccc(CCC(C)C(CC(=O)CN)C(C)CC)nc2)=C3OC)cc1. The maximum absolute atomic E-state index is 12.1. The van der Waals surface area contributed by atoms with Crippen LogP contribution >= 0.6 is 0 Å². The van der Waals surface area contributed by atoms with Gasteiger partial charge in [0.1, 0.15) is 11.5 Å². The summed E-state index contributed by atoms with van der Waals surface area (Å²) in [5, 5.41) is 0. The Labute approximate surface area is 246 Å². The van der Waals surface area contributed by atoms with E-state index < -0.39 is 0 Å². The highest BCUT2D eigenvalue weighted by Gasteiger charge is 2.25. The zero-order chi connectivity index (χ0) is 29.4. The Hall–Kier alpha value is -3.76. The molecule has 1 aliphatic carbocycles. The Kier molecular flexibility index (Phi) is 10.5. The molecule has 3 aromatic rings. The summed E-state index contributed by atoms with van der Waals surface area (Å²) >= 11 is 0. The molecule has 0 fully saturated rings. The molecule has 0 spiro atoms. The maximum Gasteiger partial charge on any atom is 0.146 e. The number of fused-ring (bicyclic) bond motifs is 1. The van der Waals surface area contributed by atoms with Crippen molar-refractivity contribution in [2.75, 3.05) is 13.7 Å². The number of methoxy groups -OCH3 is 1. The number of hydrogen-bond acceptors (Lipinski definition) is 4. The molecule has 41 heavy (non-hydrogen) atoms. The van der Waals surface area contributed by atoms with Crippen molar-refractivity contribution in [3.63, 3.8) is 0 Å². The summed E-state index contributed by atoms with van der Waals surface area (Å²) in [5.41, 5.74) is 14.6. The van der Waals surface area contributed by atoms with Gasteiger partial charge in [-0.2, -0.15) is 0 Å². The third-order valence-electron chi connectivity index (χ3n) is 8.72. The van der Waals surface area contributed by atoms with E-state index in [9.17, 15) is 4.79 Å². The molecule has 0 bridgehead atoms. The molecule has 4 heteroatoms. The molecule has 214 valence electrons. The first kappa shape index (κ1) is 30.2. The molecule has 1 aromatic heterocycles. The lowest BCUT2D eigenvalue weighted by atomic mass is 9.77. The van der Waals surface area contributed by atoms with E-state index in [0.717, 1.165) is 59.4 Å². The lowest BCUT2D eigenvalue weighted by Crippen LogP contribution is -2.26. The van der Waals surface area contributed by atoms with Crippen molar-refractivity contribution in [3.8, 4) is 11.1 Å². The average Bonchev–Trinajstić information content (AvgIpc) is 3.21. The number of allylic oxidation sites excluding steroid dienone is 3. The van der Waals surface area contributed by atoms with Gasteiger partial charge in [-0.3, -0.25) is 9.78 Å². The molecule has 3 unspecified atom stereocenters. The van der Waals surface area contributed by atoms with Gasteiger partial charge in [-0.25, -0.2) is 0 Å². The van der Waals surface area contributed by atoms with Crippen molar-refractivity contribution in [2.24, 2.45) is 23.5 Å². The van der Waals surface area contributed by atoms with E-state index in [-0.39, 0.29) is 12.3 Å². The molecule has 0 aliphatic heterocycles. The first-order valence-electron chi connectivity index (χ1n) is 14.9. The minimum Gasteiger partial charge on any atom is -0.495 e. The Morgan fingerprint density at radius 1 is 1.05 bits per heavy atom. The average molecular weight is 549 g/mol. The van der Waals surface area contributed by atoms with E-state index in [1.165, 1.54) is 16.7 Å². The Morgan fingerprint density at radius 3 is 2.41 bits per heavy atom. The number of pyridine rings is 1. The van der Waals surface area contributed by atoms with Crippen LogP contribution in [0.5, 0.6) is 0 Å². The quantitative estimate of drug-likeness (QED) is 0.234. The van der Waals surface area contributed by atoms with Gasteiger partial charge in [-0.05, 0) is 65.3 Å². The number of ether oxygens (including phenoxy) is 1. The summed E-state index contributed by atoms with van der Waals surface area (Å²) in [6, 6.07) is 19.2. The Balaban J connectivity index is 1.56. The van der Waals surface area contributed by atoms with Crippen LogP contribution in [0.25, 0.3) is 28.5 Å². The minimum atomic E-state index is 0.130. The van der Waals surface area contributed by atoms with Crippen LogP contribution in [-0.4, -0.2) is 24.4 Å². The maximum atomic E-state index is 12.1. The zero-order valence-electron chi connectivity index (χ0n) is 25.0. The van der Waals surface area contributed by atoms with Gasteiger partial charge in [0.05, 0.1) is 13.7 Å². The highest BCUT2D eigenvalue weighted by molar-refractivity contribution is 5.95. The normalized spacial score (nSPS) is 15.0. The molecular formula is C37H44N2O2. The predicted octanol–water partition coefficient (Wildman–Crippen LogP) is 8.17. The smallest absolute Gasteiger partial charge is 0.146 e. The topological polar surface area (TPSA) is 65.2 Å². The highest BCUT2D eigenvalue weighted by atomic mass is 16.5. The van der Waals surface area contributed by atoms with Gasteiger partial charge in [0.15, 0.2) is 0 Å². The molecule has 2 aromatic carbocycles. The second-order valence-electron chi connectivity index (χ2n) is 11.3. The number of aryl methyl sites for hydroxylation is 1. The van der Waals surface area contributed by atoms with Crippen molar-refractivity contribution in [2.45, 2.75) is 52.9 Å². The molecule has 0 amide bonds. The number of carbonyl (C=O) groups is 1. The summed E-state index contributed by atoms with van der Waals surface area (Å²) in [5.74, 6) is 2.29. The molecule has 4 rings (SSSR count). The lowest BCUT2D eigenvalue weighted by molar-refractivity contribution is -0.119. The van der Waals surface area contributed by atoms with Crippen LogP contribution in [0.3, 0.4) is 0 Å². The second kappa shape index (κ2) is 14.2. The van der Waals surface area contributed by atoms with E-state index in [4.69, 9.17) is 15.5 Å². The monoisotopic (exact) mass is 548 g/mol. The fourth-order valence-corrected chi connectivity index (χ4v) is 5.98. The van der Waals surface area contributed by atoms with Gasteiger partial charge in [-0.1, -0.05) is 101 Å². The summed E-state index contributed by atoms with van der Waals surface area (Å²) in [4.78, 5) is 17.0. The van der Waals surface area contributed by atoms with Crippen LogP contribution in [0.4, 0.5) is 0 Å². The van der Waals surface area contributed by atoms with Gasteiger partial charge in [0.2, 0.25) is 0 Å². The summed E-state index contributed by atoms with van der Waals surface area (Å²) in [6.45, 7) is 10.7. The molecule has 1 heterocycles. The fourth-order valence-electron chi connectivity index (χ4n) is 5.98. The number of nitrogens with zero attached hydrogens (tertiary/aromatic N) is 1. The van der Waals surface area contributed by atoms with Crippen LogP contribution in [0.2, 0.25) is 0 Å². The van der Waals surface area contributed by atoms with E-state index in [1.54, 1.807) is 7.11 Å². The number of aromatic nitrogens is 1. The number of hydrogen-bond donors (Lipinski definition) is 1. The zero-order valence-corrected chi connectivity index (χ0v) is 25.0. The van der Waals surface area contributed by atoms with E-state index in [1.807, 2.05) is 12.3 Å². The Morgan fingerprint density at radius 2 is 1.78 bits per heavy atom. The van der Waals surface area contributed by atoms with Crippen molar-refractivity contribution in [3.05, 3.63) is 107 Å². The third kappa shape index (κ3) is 7.12. The molecule has 2 N–H and O–H groups in total. The number of benzene rings is 2. The fraction of sp³-hybridized carbons (Fsp3) is 0.351. The van der Waals surface area contributed by atoms with E-state index in [0.29, 0.717) is 24.2 Å². The highest BCUT2D eigenvalue weighted by Crippen LogP contribution is 2.37. The molecule has 3 atom stereocenters. The number of carbonyl (C=O) groups excluding carboxylic acids is 1. The first-order valence-corrected chi connectivity index (χ1v) is 14.9. The minimum absolute atomic E-state index is 0.130. The number of Topliss-reactive ketones (excluding diaryl/α,β-unsaturated/α-hetero) is 1. The molecule has 0 saturated heterocycles. The van der Waals surface area contributed by atoms with Gasteiger partial charge in [0.25, 0.3) is 0 Å². The van der Waals surface area contributed by atoms with Crippen molar-refractivity contribution < 1.29 is 9.53 Å². The van der Waals surface area contributed by atoms with Crippen LogP contribution < -0.4 is 5.73 Å². The van der Waals surface area contributed by atoms with E-state index in [2.05, 4.69) is 94.1 Å². The summed E-state index contributed by atoms with van der Waals surface area (Å²) < 4.78 is 6.05. The molecule has 0 radical (unpaired) electrons. The molecular weight excluding hydrogens is 504 g/mol. The van der Waals surface area contributed by atoms with Crippen molar-refractivity contribution >= 4 is 23.2 Å². The van der Waals surface area contributed by atoms with Gasteiger partial charge >= 0.3 is 0 Å². The van der Waals surface area contributed by atoms with Gasteiger partial charge in [0, 0.05) is 35.0 Å². The molecule has 1 aliphatic rings.